The molecule has 0 aliphatic carbocycles. The summed E-state index contributed by atoms with van der Waals surface area (Å²) in [5.41, 5.74) is 1.76. The molecule has 2 amide bonds. The molecule has 1 atom stereocenters. The van der Waals surface area contributed by atoms with Gasteiger partial charge in [0.2, 0.25) is 0 Å². The van der Waals surface area contributed by atoms with E-state index in [1.54, 1.807) is 54.6 Å². The molecular formula is C23H18ClFN2O3. The Balaban J connectivity index is 1.55. The maximum absolute atomic E-state index is 13.1. The van der Waals surface area contributed by atoms with E-state index in [0.717, 1.165) is 5.56 Å². The quantitative estimate of drug-likeness (QED) is 0.682. The van der Waals surface area contributed by atoms with Gasteiger partial charge in [-0.25, -0.2) is 4.39 Å². The first-order valence-corrected chi connectivity index (χ1v) is 9.74. The van der Waals surface area contributed by atoms with Gasteiger partial charge < -0.3 is 15.0 Å². The molecule has 3 aromatic rings. The predicted octanol–water partition coefficient (Wildman–Crippen LogP) is 4.20. The van der Waals surface area contributed by atoms with Crippen LogP contribution in [0.5, 0.6) is 5.75 Å². The number of fused-ring (bicyclic) bond motifs is 1. The third kappa shape index (κ3) is 4.28. The molecule has 1 aliphatic rings. The van der Waals surface area contributed by atoms with E-state index in [-0.39, 0.29) is 30.7 Å². The molecule has 0 fully saturated rings. The first kappa shape index (κ1) is 19.9. The number of benzene rings is 3. The van der Waals surface area contributed by atoms with Gasteiger partial charge in [0.05, 0.1) is 12.2 Å². The van der Waals surface area contributed by atoms with Gasteiger partial charge in [-0.3, -0.25) is 9.59 Å². The van der Waals surface area contributed by atoms with Gasteiger partial charge in [-0.05, 0) is 48.0 Å². The molecular weight excluding hydrogens is 407 g/mol. The van der Waals surface area contributed by atoms with Crippen LogP contribution in [0.3, 0.4) is 0 Å². The van der Waals surface area contributed by atoms with Gasteiger partial charge in [0, 0.05) is 17.1 Å². The van der Waals surface area contributed by atoms with Crippen molar-refractivity contribution in [2.75, 3.05) is 11.4 Å². The number of ether oxygens (including phenoxy) is 1. The van der Waals surface area contributed by atoms with E-state index in [1.807, 2.05) is 6.07 Å². The topological polar surface area (TPSA) is 58.6 Å². The van der Waals surface area contributed by atoms with Gasteiger partial charge in [0.1, 0.15) is 11.6 Å². The number of halogens is 2. The zero-order valence-electron chi connectivity index (χ0n) is 15.8. The van der Waals surface area contributed by atoms with Crippen LogP contribution in [-0.2, 0) is 11.3 Å². The van der Waals surface area contributed by atoms with Crippen LogP contribution in [0.1, 0.15) is 15.9 Å². The Morgan fingerprint density at radius 2 is 1.80 bits per heavy atom. The molecule has 3 aromatic carbocycles. The van der Waals surface area contributed by atoms with Crippen molar-refractivity contribution in [3.63, 3.8) is 0 Å². The SMILES string of the molecule is O=C(NCc1ccc(F)cc1)[C@@H]1CN(C(=O)c2ccccc2)c2cc(Cl)ccc2O1. The zero-order chi connectivity index (χ0) is 21.1. The van der Waals surface area contributed by atoms with Crippen molar-refractivity contribution in [2.45, 2.75) is 12.6 Å². The third-order valence-electron chi connectivity index (χ3n) is 4.77. The van der Waals surface area contributed by atoms with Crippen LogP contribution in [0.25, 0.3) is 0 Å². The first-order chi connectivity index (χ1) is 14.5. The fraction of sp³-hybridized carbons (Fsp3) is 0.130. The second kappa shape index (κ2) is 8.55. The number of carbonyl (C=O) groups is 2. The molecule has 0 saturated carbocycles. The van der Waals surface area contributed by atoms with Crippen molar-refractivity contribution >= 4 is 29.1 Å². The Hall–Kier alpha value is -3.38. The Labute approximate surface area is 178 Å². The molecule has 5 nitrogen and oxygen atoms in total. The number of hydrogen-bond donors (Lipinski definition) is 1. The Morgan fingerprint density at radius 1 is 1.07 bits per heavy atom. The van der Waals surface area contributed by atoms with Crippen molar-refractivity contribution in [3.05, 3.63) is 94.8 Å². The lowest BCUT2D eigenvalue weighted by Gasteiger charge is -2.34. The van der Waals surface area contributed by atoms with Crippen molar-refractivity contribution in [2.24, 2.45) is 0 Å². The number of nitrogens with one attached hydrogen (secondary N) is 1. The molecule has 0 radical (unpaired) electrons. The Kier molecular flexibility index (Phi) is 5.68. The Bertz CT molecular complexity index is 1070. The number of amides is 2. The predicted molar refractivity (Wildman–Crippen MR) is 112 cm³/mol. The normalized spacial score (nSPS) is 15.1. The maximum Gasteiger partial charge on any atom is 0.263 e. The van der Waals surface area contributed by atoms with Crippen molar-refractivity contribution in [1.29, 1.82) is 0 Å². The highest BCUT2D eigenvalue weighted by Gasteiger charge is 2.34. The lowest BCUT2D eigenvalue weighted by atomic mass is 10.1. The summed E-state index contributed by atoms with van der Waals surface area (Å²) in [7, 11) is 0. The molecule has 0 unspecified atom stereocenters. The second-order valence-electron chi connectivity index (χ2n) is 6.84. The summed E-state index contributed by atoms with van der Waals surface area (Å²) in [5.74, 6) is -0.563. The third-order valence-corrected chi connectivity index (χ3v) is 5.00. The standard InChI is InChI=1S/C23H18ClFN2O3/c24-17-8-11-20-19(12-17)27(23(29)16-4-2-1-3-5-16)14-21(30-20)22(28)26-13-15-6-9-18(25)10-7-15/h1-12,21H,13-14H2,(H,26,28)/t21-/m0/s1. The molecule has 0 saturated heterocycles. The highest BCUT2D eigenvalue weighted by atomic mass is 35.5. The molecule has 0 aromatic heterocycles. The fourth-order valence-corrected chi connectivity index (χ4v) is 3.39. The van der Waals surface area contributed by atoms with Crippen LogP contribution in [0.4, 0.5) is 10.1 Å². The van der Waals surface area contributed by atoms with Gasteiger partial charge >= 0.3 is 0 Å². The molecule has 1 N–H and O–H groups in total. The number of hydrogen-bond acceptors (Lipinski definition) is 3. The summed E-state index contributed by atoms with van der Waals surface area (Å²) < 4.78 is 18.9. The summed E-state index contributed by atoms with van der Waals surface area (Å²) in [6.07, 6.45) is -0.896. The largest absolute Gasteiger partial charge is 0.477 e. The van der Waals surface area contributed by atoms with E-state index < -0.39 is 6.10 Å². The van der Waals surface area contributed by atoms with Crippen LogP contribution in [0.2, 0.25) is 5.02 Å². The number of rotatable bonds is 4. The summed E-state index contributed by atoms with van der Waals surface area (Å²) in [6, 6.07) is 19.6. The fourth-order valence-electron chi connectivity index (χ4n) is 3.23. The smallest absolute Gasteiger partial charge is 0.263 e. The number of carbonyl (C=O) groups excluding carboxylic acids is 2. The molecule has 30 heavy (non-hydrogen) atoms. The van der Waals surface area contributed by atoms with E-state index in [2.05, 4.69) is 5.32 Å². The van der Waals surface area contributed by atoms with E-state index in [9.17, 15) is 14.0 Å². The molecule has 1 aliphatic heterocycles. The van der Waals surface area contributed by atoms with Crippen LogP contribution < -0.4 is 15.0 Å². The van der Waals surface area contributed by atoms with Crippen LogP contribution in [-0.4, -0.2) is 24.5 Å². The monoisotopic (exact) mass is 424 g/mol. The summed E-state index contributed by atoms with van der Waals surface area (Å²) >= 11 is 6.12. The lowest BCUT2D eigenvalue weighted by Crippen LogP contribution is -2.50. The lowest BCUT2D eigenvalue weighted by molar-refractivity contribution is -0.127. The highest BCUT2D eigenvalue weighted by Crippen LogP contribution is 2.36. The molecule has 152 valence electrons. The van der Waals surface area contributed by atoms with E-state index >= 15 is 0 Å². The highest BCUT2D eigenvalue weighted by molar-refractivity contribution is 6.31. The molecule has 1 heterocycles. The minimum Gasteiger partial charge on any atom is -0.477 e. The first-order valence-electron chi connectivity index (χ1n) is 9.36. The van der Waals surface area contributed by atoms with Crippen molar-refractivity contribution in [3.8, 4) is 5.75 Å². The van der Waals surface area contributed by atoms with Crippen LogP contribution >= 0.6 is 11.6 Å². The summed E-state index contributed by atoms with van der Waals surface area (Å²) in [6.45, 7) is 0.259. The van der Waals surface area contributed by atoms with Crippen LogP contribution in [0, 0.1) is 5.82 Å². The average Bonchev–Trinajstić information content (AvgIpc) is 2.78. The van der Waals surface area contributed by atoms with Gasteiger partial charge in [0.25, 0.3) is 11.8 Å². The molecule has 0 bridgehead atoms. The number of anilines is 1. The van der Waals surface area contributed by atoms with E-state index in [1.165, 1.54) is 17.0 Å². The van der Waals surface area contributed by atoms with Gasteiger partial charge in [-0.2, -0.15) is 0 Å². The van der Waals surface area contributed by atoms with Gasteiger partial charge in [-0.15, -0.1) is 0 Å². The van der Waals surface area contributed by atoms with Gasteiger partial charge in [-0.1, -0.05) is 41.9 Å². The second-order valence-corrected chi connectivity index (χ2v) is 7.28. The van der Waals surface area contributed by atoms with E-state index in [0.29, 0.717) is 22.0 Å². The van der Waals surface area contributed by atoms with Crippen molar-refractivity contribution < 1.29 is 18.7 Å². The average molecular weight is 425 g/mol. The summed E-state index contributed by atoms with van der Waals surface area (Å²) in [4.78, 5) is 27.4. The molecule has 4 rings (SSSR count). The minimum absolute atomic E-state index is 0.0380. The number of nitrogens with zero attached hydrogens (tertiary/aromatic N) is 1. The molecule has 0 spiro atoms. The molecule has 7 heteroatoms. The minimum atomic E-state index is -0.896. The zero-order valence-corrected chi connectivity index (χ0v) is 16.6. The van der Waals surface area contributed by atoms with Crippen molar-refractivity contribution in [1.82, 2.24) is 5.32 Å². The Morgan fingerprint density at radius 3 is 2.53 bits per heavy atom. The van der Waals surface area contributed by atoms with Crippen LogP contribution in [0.15, 0.2) is 72.8 Å². The maximum atomic E-state index is 13.1. The van der Waals surface area contributed by atoms with Gasteiger partial charge in [0.15, 0.2) is 6.10 Å². The summed E-state index contributed by atoms with van der Waals surface area (Å²) in [5, 5.41) is 3.24. The van der Waals surface area contributed by atoms with E-state index in [4.69, 9.17) is 16.3 Å².